The third-order valence-electron chi connectivity index (χ3n) is 4.79. The Balaban J connectivity index is 1.82. The predicted octanol–water partition coefficient (Wildman–Crippen LogP) is 3.44. The van der Waals surface area contributed by atoms with Crippen LogP contribution in [0.15, 0.2) is 11.9 Å². The van der Waals surface area contributed by atoms with Crippen molar-refractivity contribution in [1.29, 1.82) is 0 Å². The molecule has 138 valence electrons. The molecule has 5 atom stereocenters. The Labute approximate surface area is 144 Å². The van der Waals surface area contributed by atoms with Gasteiger partial charge in [0.05, 0.1) is 24.4 Å². The molecule has 7 heteroatoms. The lowest BCUT2D eigenvalue weighted by molar-refractivity contribution is -0.165. The lowest BCUT2D eigenvalue weighted by atomic mass is 10.00. The molecule has 3 fully saturated rings. The number of fused-ring (bicyclic) bond motifs is 3. The molecule has 6 nitrogen and oxygen atoms in total. The summed E-state index contributed by atoms with van der Waals surface area (Å²) in [5.74, 6) is 0.917. The number of rotatable bonds is 6. The zero-order valence-electron chi connectivity index (χ0n) is 15.3. The summed E-state index contributed by atoms with van der Waals surface area (Å²) < 4.78 is 36.0. The molecule has 2 aliphatic carbocycles. The molecule has 0 aromatic rings. The van der Waals surface area contributed by atoms with Gasteiger partial charge in [0, 0.05) is 17.2 Å². The molecule has 1 saturated heterocycles. The standard InChI is InChI=1S/C17H29O6P/c1-10(2)22-24(19,23-11(3)4)8-7-17-9-12(17)13(18)14-15(17)21-16(5,6)20-14/h7-8,10-15,18H,9H2,1-6H3/b8-7+/t12-,13+,14+,15+,17?/m1/s1. The highest BCUT2D eigenvalue weighted by Gasteiger charge is 2.74. The number of aliphatic hydroxyl groups excluding tert-OH is 1. The molecule has 0 amide bonds. The van der Waals surface area contributed by atoms with E-state index in [4.69, 9.17) is 18.5 Å². The van der Waals surface area contributed by atoms with Gasteiger partial charge in [-0.25, -0.2) is 0 Å². The molecule has 1 N–H and O–H groups in total. The molecule has 1 aliphatic heterocycles. The summed E-state index contributed by atoms with van der Waals surface area (Å²) in [6.45, 7) is 11.0. The quantitative estimate of drug-likeness (QED) is 0.732. The van der Waals surface area contributed by atoms with Gasteiger partial charge in [0.15, 0.2) is 5.79 Å². The van der Waals surface area contributed by atoms with E-state index < -0.39 is 19.5 Å². The van der Waals surface area contributed by atoms with Gasteiger partial charge in [-0.2, -0.15) is 0 Å². The first-order chi connectivity index (χ1) is 11.0. The highest BCUT2D eigenvalue weighted by Crippen LogP contribution is 2.69. The van der Waals surface area contributed by atoms with Gasteiger partial charge < -0.3 is 23.6 Å². The van der Waals surface area contributed by atoms with Crippen LogP contribution in [0.5, 0.6) is 0 Å². The minimum atomic E-state index is -3.35. The molecule has 2 saturated carbocycles. The fourth-order valence-electron chi connectivity index (χ4n) is 3.97. The van der Waals surface area contributed by atoms with Gasteiger partial charge in [0.1, 0.15) is 6.10 Å². The smallest absolute Gasteiger partial charge is 0.354 e. The minimum Gasteiger partial charge on any atom is -0.390 e. The van der Waals surface area contributed by atoms with Gasteiger partial charge in [-0.3, -0.25) is 4.57 Å². The van der Waals surface area contributed by atoms with Gasteiger partial charge in [-0.05, 0) is 48.0 Å². The second kappa shape index (κ2) is 5.90. The van der Waals surface area contributed by atoms with E-state index in [1.54, 1.807) is 5.82 Å². The van der Waals surface area contributed by atoms with Crippen molar-refractivity contribution >= 4 is 7.60 Å². The van der Waals surface area contributed by atoms with Crippen LogP contribution in [-0.4, -0.2) is 41.4 Å². The monoisotopic (exact) mass is 360 g/mol. The molecule has 24 heavy (non-hydrogen) atoms. The fraction of sp³-hybridized carbons (Fsp3) is 0.882. The van der Waals surface area contributed by atoms with Crippen molar-refractivity contribution in [3.05, 3.63) is 11.9 Å². The van der Waals surface area contributed by atoms with Gasteiger partial charge >= 0.3 is 7.60 Å². The zero-order chi connectivity index (χ0) is 17.9. The van der Waals surface area contributed by atoms with E-state index in [0.29, 0.717) is 0 Å². The molecule has 0 aromatic heterocycles. The first-order valence-electron chi connectivity index (χ1n) is 8.69. The maximum atomic E-state index is 13.0. The average molecular weight is 360 g/mol. The second-order valence-electron chi connectivity index (χ2n) is 8.10. The number of hydrogen-bond donors (Lipinski definition) is 1. The summed E-state index contributed by atoms with van der Waals surface area (Å²) >= 11 is 0. The minimum absolute atomic E-state index is 0.0754. The lowest BCUT2D eigenvalue weighted by Crippen LogP contribution is -2.32. The van der Waals surface area contributed by atoms with Gasteiger partial charge in [0.2, 0.25) is 0 Å². The molecule has 1 heterocycles. The van der Waals surface area contributed by atoms with Crippen LogP contribution in [0.1, 0.15) is 48.0 Å². The largest absolute Gasteiger partial charge is 0.390 e. The van der Waals surface area contributed by atoms with Gasteiger partial charge in [-0.15, -0.1) is 0 Å². The van der Waals surface area contributed by atoms with E-state index >= 15 is 0 Å². The molecule has 0 bridgehead atoms. The van der Waals surface area contributed by atoms with Crippen LogP contribution in [0.3, 0.4) is 0 Å². The molecule has 3 rings (SSSR count). The van der Waals surface area contributed by atoms with Crippen LogP contribution >= 0.6 is 7.60 Å². The zero-order valence-corrected chi connectivity index (χ0v) is 16.2. The highest BCUT2D eigenvalue weighted by molar-refractivity contribution is 7.57. The molecular weight excluding hydrogens is 331 g/mol. The fourth-order valence-corrected chi connectivity index (χ4v) is 5.80. The van der Waals surface area contributed by atoms with Crippen molar-refractivity contribution in [2.75, 3.05) is 0 Å². The summed E-state index contributed by atoms with van der Waals surface area (Å²) in [5.41, 5.74) is -0.339. The average Bonchev–Trinajstić information content (AvgIpc) is 2.98. The van der Waals surface area contributed by atoms with Crippen LogP contribution in [0.2, 0.25) is 0 Å². The van der Waals surface area contributed by atoms with E-state index in [0.717, 1.165) is 6.42 Å². The number of ether oxygens (including phenoxy) is 2. The SMILES string of the molecule is CC(C)OP(=O)(/C=C/C12C[C@@H]1[C@H](O)[C@@H]1OC(C)(C)O[C@@H]12)OC(C)C. The first-order valence-corrected chi connectivity index (χ1v) is 10.3. The van der Waals surface area contributed by atoms with Crippen LogP contribution < -0.4 is 0 Å². The van der Waals surface area contributed by atoms with Crippen LogP contribution in [0.25, 0.3) is 0 Å². The maximum absolute atomic E-state index is 13.0. The van der Waals surface area contributed by atoms with Crippen molar-refractivity contribution < 1.29 is 28.2 Å². The Morgan fingerprint density at radius 2 is 1.75 bits per heavy atom. The van der Waals surface area contributed by atoms with Crippen molar-refractivity contribution in [2.45, 2.75) is 84.3 Å². The van der Waals surface area contributed by atoms with E-state index in [-0.39, 0.29) is 35.7 Å². The number of aliphatic hydroxyl groups is 1. The van der Waals surface area contributed by atoms with Crippen LogP contribution in [-0.2, 0) is 23.1 Å². The van der Waals surface area contributed by atoms with Crippen molar-refractivity contribution in [3.63, 3.8) is 0 Å². The lowest BCUT2D eigenvalue weighted by Gasteiger charge is -2.23. The Morgan fingerprint density at radius 3 is 2.29 bits per heavy atom. The number of hydrogen-bond acceptors (Lipinski definition) is 6. The predicted molar refractivity (Wildman–Crippen MR) is 89.6 cm³/mol. The molecular formula is C17H29O6P. The summed E-state index contributed by atoms with van der Waals surface area (Å²) in [6, 6.07) is 0. The molecule has 0 radical (unpaired) electrons. The summed E-state index contributed by atoms with van der Waals surface area (Å²) in [6.07, 6.45) is 1.14. The van der Waals surface area contributed by atoms with Gasteiger partial charge in [-0.1, -0.05) is 6.08 Å². The van der Waals surface area contributed by atoms with Crippen molar-refractivity contribution in [1.82, 2.24) is 0 Å². The molecule has 3 aliphatic rings. The van der Waals surface area contributed by atoms with E-state index in [2.05, 4.69) is 0 Å². The van der Waals surface area contributed by atoms with Gasteiger partial charge in [0.25, 0.3) is 0 Å². The van der Waals surface area contributed by atoms with Crippen LogP contribution in [0, 0.1) is 11.3 Å². The summed E-state index contributed by atoms with van der Waals surface area (Å²) in [5, 5.41) is 10.5. The second-order valence-corrected chi connectivity index (χ2v) is 9.90. The molecule has 0 spiro atoms. The third kappa shape index (κ3) is 3.25. The van der Waals surface area contributed by atoms with Crippen LogP contribution in [0.4, 0.5) is 0 Å². The summed E-state index contributed by atoms with van der Waals surface area (Å²) in [4.78, 5) is 0. The molecule has 0 aromatic carbocycles. The van der Waals surface area contributed by atoms with Crippen molar-refractivity contribution in [3.8, 4) is 0 Å². The Morgan fingerprint density at radius 1 is 1.17 bits per heavy atom. The van der Waals surface area contributed by atoms with E-state index in [9.17, 15) is 9.67 Å². The van der Waals surface area contributed by atoms with E-state index in [1.807, 2.05) is 47.6 Å². The third-order valence-corrected chi connectivity index (χ3v) is 6.74. The topological polar surface area (TPSA) is 74.2 Å². The van der Waals surface area contributed by atoms with E-state index in [1.165, 1.54) is 0 Å². The Bertz CT molecular complexity index is 557. The molecule has 1 unspecified atom stereocenters. The normalized spacial score (nSPS) is 40.5. The Hall–Kier alpha value is -0.230. The first kappa shape index (κ1) is 18.6. The summed E-state index contributed by atoms with van der Waals surface area (Å²) in [7, 11) is -3.35. The highest BCUT2D eigenvalue weighted by atomic mass is 31.2. The van der Waals surface area contributed by atoms with Crippen molar-refractivity contribution in [2.24, 2.45) is 11.3 Å². The maximum Gasteiger partial charge on any atom is 0.354 e. The Kier molecular flexibility index (Phi) is 4.56.